The highest BCUT2D eigenvalue weighted by Gasteiger charge is 2.23. The predicted octanol–water partition coefficient (Wildman–Crippen LogP) is 3.41. The van der Waals surface area contributed by atoms with Crippen molar-refractivity contribution >= 4 is 11.5 Å². The van der Waals surface area contributed by atoms with E-state index in [1.807, 2.05) is 53.1 Å². The molecule has 0 radical (unpaired) electrons. The Morgan fingerprint density at radius 3 is 2.72 bits per heavy atom. The first-order valence-electron chi connectivity index (χ1n) is 7.97. The van der Waals surface area contributed by atoms with Gasteiger partial charge in [-0.25, -0.2) is 4.98 Å². The number of carbonyl (C=O) groups is 1. The van der Waals surface area contributed by atoms with Crippen LogP contribution in [0.25, 0.3) is 5.69 Å². The molecule has 4 rings (SSSR count). The zero-order valence-corrected chi connectivity index (χ0v) is 13.7. The van der Waals surface area contributed by atoms with Crippen molar-refractivity contribution in [3.05, 3.63) is 82.9 Å². The van der Waals surface area contributed by atoms with Gasteiger partial charge < -0.3 is 0 Å². The zero-order chi connectivity index (χ0) is 17.4. The average molecular weight is 325 g/mol. The SMILES string of the molecule is C#Cc1ccc2c(c1)C(c1ccccc1)=NCc1c(C(C)=O)ncn1-2. The number of Topliss-reactive ketones (excluding diaryl/α,β-unsaturated/α-hetero) is 1. The van der Waals surface area contributed by atoms with E-state index in [2.05, 4.69) is 10.9 Å². The summed E-state index contributed by atoms with van der Waals surface area (Å²) in [6.45, 7) is 1.91. The van der Waals surface area contributed by atoms with E-state index in [1.54, 1.807) is 6.33 Å². The van der Waals surface area contributed by atoms with Crippen LogP contribution in [0, 0.1) is 12.3 Å². The van der Waals surface area contributed by atoms with Crippen LogP contribution in [0.3, 0.4) is 0 Å². The van der Waals surface area contributed by atoms with Crippen molar-refractivity contribution in [2.24, 2.45) is 4.99 Å². The van der Waals surface area contributed by atoms with Crippen LogP contribution in [0.15, 0.2) is 59.9 Å². The highest BCUT2D eigenvalue weighted by atomic mass is 16.1. The van der Waals surface area contributed by atoms with Crippen molar-refractivity contribution in [3.8, 4) is 18.0 Å². The molecule has 0 N–H and O–H groups in total. The fourth-order valence-electron chi connectivity index (χ4n) is 3.13. The molecule has 2 aromatic carbocycles. The Morgan fingerprint density at radius 1 is 1.20 bits per heavy atom. The van der Waals surface area contributed by atoms with Gasteiger partial charge in [0.2, 0.25) is 0 Å². The minimum Gasteiger partial charge on any atom is -0.300 e. The van der Waals surface area contributed by atoms with Gasteiger partial charge in [-0.1, -0.05) is 36.3 Å². The predicted molar refractivity (Wildman–Crippen MR) is 97.3 cm³/mol. The third-order valence-electron chi connectivity index (χ3n) is 4.31. The standard InChI is InChI=1S/C21H15N3O/c1-3-15-9-10-18-17(11-15)21(16-7-5-4-6-8-16)22-12-19-20(14(2)25)23-13-24(18)19/h1,4-11,13H,12H2,2H3. The van der Waals surface area contributed by atoms with Gasteiger partial charge >= 0.3 is 0 Å². The molecule has 2 heterocycles. The number of hydrogen-bond acceptors (Lipinski definition) is 3. The van der Waals surface area contributed by atoms with Crippen molar-refractivity contribution in [1.29, 1.82) is 0 Å². The monoisotopic (exact) mass is 325 g/mol. The van der Waals surface area contributed by atoms with E-state index in [9.17, 15) is 4.79 Å². The van der Waals surface area contributed by atoms with Crippen LogP contribution < -0.4 is 0 Å². The first-order valence-corrected chi connectivity index (χ1v) is 7.97. The summed E-state index contributed by atoms with van der Waals surface area (Å²) in [6, 6.07) is 15.8. The number of rotatable bonds is 2. The number of aliphatic imine (C=N–C) groups is 1. The Bertz CT molecular complexity index is 1050. The summed E-state index contributed by atoms with van der Waals surface area (Å²) in [4.78, 5) is 21.0. The highest BCUT2D eigenvalue weighted by Crippen LogP contribution is 2.27. The number of carbonyl (C=O) groups excluding carboxylic acids is 1. The molecule has 25 heavy (non-hydrogen) atoms. The molecule has 0 bridgehead atoms. The molecule has 1 aliphatic rings. The third kappa shape index (κ3) is 2.47. The number of ketones is 1. The van der Waals surface area contributed by atoms with Crippen molar-refractivity contribution < 1.29 is 4.79 Å². The minimum atomic E-state index is -0.0612. The Hall–Kier alpha value is -3.45. The molecule has 3 aromatic rings. The van der Waals surface area contributed by atoms with Crippen LogP contribution in [0.1, 0.15) is 39.8 Å². The lowest BCUT2D eigenvalue weighted by Gasteiger charge is -2.12. The number of nitrogens with zero attached hydrogens (tertiary/aromatic N) is 3. The Morgan fingerprint density at radius 2 is 2.00 bits per heavy atom. The molecule has 0 amide bonds. The molecule has 0 aliphatic carbocycles. The number of terminal acetylenes is 1. The van der Waals surface area contributed by atoms with Gasteiger partial charge in [0.25, 0.3) is 0 Å². The van der Waals surface area contributed by atoms with Crippen LogP contribution >= 0.6 is 0 Å². The molecule has 1 aromatic heterocycles. The molecule has 120 valence electrons. The summed E-state index contributed by atoms with van der Waals surface area (Å²) in [5.41, 5.74) is 5.80. The summed E-state index contributed by atoms with van der Waals surface area (Å²) in [5.74, 6) is 2.62. The number of imidazole rings is 1. The molecule has 4 nitrogen and oxygen atoms in total. The minimum absolute atomic E-state index is 0.0612. The second kappa shape index (κ2) is 5.88. The van der Waals surface area contributed by atoms with Crippen molar-refractivity contribution in [2.75, 3.05) is 0 Å². The molecule has 0 atom stereocenters. The Kier molecular flexibility index (Phi) is 3.55. The number of hydrogen-bond donors (Lipinski definition) is 0. The summed E-state index contributed by atoms with van der Waals surface area (Å²) >= 11 is 0. The van der Waals surface area contributed by atoms with E-state index in [-0.39, 0.29) is 5.78 Å². The van der Waals surface area contributed by atoms with E-state index < -0.39 is 0 Å². The van der Waals surface area contributed by atoms with Gasteiger partial charge in [0.15, 0.2) is 5.78 Å². The fraction of sp³-hybridized carbons (Fsp3) is 0.0952. The summed E-state index contributed by atoms with van der Waals surface area (Å²) < 4.78 is 1.94. The second-order valence-corrected chi connectivity index (χ2v) is 5.87. The van der Waals surface area contributed by atoms with E-state index in [0.717, 1.165) is 33.8 Å². The second-order valence-electron chi connectivity index (χ2n) is 5.87. The lowest BCUT2D eigenvalue weighted by atomic mass is 9.98. The Balaban J connectivity index is 2.01. The van der Waals surface area contributed by atoms with Gasteiger partial charge in [-0.15, -0.1) is 6.42 Å². The topological polar surface area (TPSA) is 47.2 Å². The lowest BCUT2D eigenvalue weighted by molar-refractivity contribution is 0.101. The van der Waals surface area contributed by atoms with Gasteiger partial charge in [-0.05, 0) is 18.2 Å². The largest absolute Gasteiger partial charge is 0.300 e. The van der Waals surface area contributed by atoms with Gasteiger partial charge in [0.05, 0.1) is 23.6 Å². The van der Waals surface area contributed by atoms with Crippen LogP contribution in [0.5, 0.6) is 0 Å². The van der Waals surface area contributed by atoms with Crippen molar-refractivity contribution in [3.63, 3.8) is 0 Å². The van der Waals surface area contributed by atoms with Crippen LogP contribution in [0.2, 0.25) is 0 Å². The van der Waals surface area contributed by atoms with Crippen LogP contribution in [-0.4, -0.2) is 21.0 Å². The zero-order valence-electron chi connectivity index (χ0n) is 13.7. The van der Waals surface area contributed by atoms with Gasteiger partial charge in [0.1, 0.15) is 12.0 Å². The van der Waals surface area contributed by atoms with E-state index in [1.165, 1.54) is 6.92 Å². The van der Waals surface area contributed by atoms with Crippen LogP contribution in [-0.2, 0) is 6.54 Å². The van der Waals surface area contributed by atoms with Gasteiger partial charge in [-0.3, -0.25) is 14.4 Å². The first-order chi connectivity index (χ1) is 12.2. The summed E-state index contributed by atoms with van der Waals surface area (Å²) in [5, 5.41) is 0. The average Bonchev–Trinajstić information content (AvgIpc) is 3.00. The number of aromatic nitrogens is 2. The van der Waals surface area contributed by atoms with E-state index >= 15 is 0 Å². The molecule has 0 saturated carbocycles. The van der Waals surface area contributed by atoms with Crippen molar-refractivity contribution in [2.45, 2.75) is 13.5 Å². The van der Waals surface area contributed by atoms with Gasteiger partial charge in [0, 0.05) is 23.6 Å². The maximum atomic E-state index is 11.9. The Labute approximate surface area is 145 Å². The number of fused-ring (bicyclic) bond motifs is 3. The maximum absolute atomic E-state index is 11.9. The quantitative estimate of drug-likeness (QED) is 0.535. The molecule has 0 unspecified atom stereocenters. The highest BCUT2D eigenvalue weighted by molar-refractivity contribution is 6.15. The molecular formula is C21H15N3O. The molecule has 1 aliphatic heterocycles. The fourth-order valence-corrected chi connectivity index (χ4v) is 3.13. The van der Waals surface area contributed by atoms with Crippen LogP contribution in [0.4, 0.5) is 0 Å². The molecule has 0 fully saturated rings. The smallest absolute Gasteiger partial charge is 0.180 e. The molecule has 0 spiro atoms. The first kappa shape index (κ1) is 15.1. The van der Waals surface area contributed by atoms with Gasteiger partial charge in [-0.2, -0.15) is 0 Å². The summed E-state index contributed by atoms with van der Waals surface area (Å²) in [6.07, 6.45) is 7.28. The normalized spacial score (nSPS) is 12.4. The third-order valence-corrected chi connectivity index (χ3v) is 4.31. The molecule has 0 saturated heterocycles. The number of benzene rings is 2. The van der Waals surface area contributed by atoms with E-state index in [4.69, 9.17) is 11.4 Å². The lowest BCUT2D eigenvalue weighted by Crippen LogP contribution is -2.07. The maximum Gasteiger partial charge on any atom is 0.180 e. The summed E-state index contributed by atoms with van der Waals surface area (Å²) in [7, 11) is 0. The van der Waals surface area contributed by atoms with Crippen molar-refractivity contribution in [1.82, 2.24) is 9.55 Å². The molecule has 4 heteroatoms. The molecular weight excluding hydrogens is 310 g/mol. The van der Waals surface area contributed by atoms with E-state index in [0.29, 0.717) is 12.2 Å².